The standard InChI is InChI=1S/C22H29F3N6OS/c1-12(2)11-26-21(33)29-28-20(32)17-10-19-27-16(9-18(22(23,24)25)31(19)30-17)15-7-5-14(6-8-15)13(3)4/h5-8,10,12-13,16,18,27H,9,11H2,1-4H3,(H,28,32)(H2,26,29,33)/t16-,18-/m0/s1. The Morgan fingerprint density at radius 3 is 2.45 bits per heavy atom. The fourth-order valence-corrected chi connectivity index (χ4v) is 3.67. The van der Waals surface area contributed by atoms with Gasteiger partial charge in [-0.15, -0.1) is 0 Å². The van der Waals surface area contributed by atoms with Crippen molar-refractivity contribution in [2.24, 2.45) is 5.92 Å². The van der Waals surface area contributed by atoms with Gasteiger partial charge in [0.2, 0.25) is 0 Å². The van der Waals surface area contributed by atoms with E-state index in [0.717, 1.165) is 15.8 Å². The molecule has 4 N–H and O–H groups in total. The number of hydrazine groups is 1. The first-order valence-corrected chi connectivity index (χ1v) is 11.2. The number of nitrogens with zero attached hydrogens (tertiary/aromatic N) is 2. The van der Waals surface area contributed by atoms with Gasteiger partial charge in [0.25, 0.3) is 5.91 Å². The summed E-state index contributed by atoms with van der Waals surface area (Å²) in [6, 6.07) is 6.43. The molecule has 0 fully saturated rings. The molecule has 0 bridgehead atoms. The van der Waals surface area contributed by atoms with Crippen LogP contribution in [0.5, 0.6) is 0 Å². The van der Waals surface area contributed by atoms with Crippen LogP contribution >= 0.6 is 12.2 Å². The van der Waals surface area contributed by atoms with E-state index in [9.17, 15) is 18.0 Å². The molecule has 1 amide bonds. The number of anilines is 1. The molecule has 1 aliphatic heterocycles. The zero-order valence-corrected chi connectivity index (χ0v) is 19.8. The average Bonchev–Trinajstić information content (AvgIpc) is 3.18. The zero-order valence-electron chi connectivity index (χ0n) is 19.0. The SMILES string of the molecule is CC(C)CNC(=S)NNC(=O)c1cc2n(n1)[C@H](C(F)(F)F)C[C@@H](c1ccc(C(C)C)cc1)N2. The van der Waals surface area contributed by atoms with Crippen molar-refractivity contribution in [2.45, 2.75) is 58.3 Å². The number of rotatable bonds is 5. The lowest BCUT2D eigenvalue weighted by Gasteiger charge is -2.33. The normalized spacial score (nSPS) is 18.0. The maximum absolute atomic E-state index is 13.9. The fourth-order valence-electron chi connectivity index (χ4n) is 3.53. The van der Waals surface area contributed by atoms with Gasteiger partial charge in [-0.3, -0.25) is 15.6 Å². The smallest absolute Gasteiger partial charge is 0.363 e. The van der Waals surface area contributed by atoms with Gasteiger partial charge in [-0.2, -0.15) is 18.3 Å². The molecule has 0 unspecified atom stereocenters. The van der Waals surface area contributed by atoms with Gasteiger partial charge in [-0.25, -0.2) is 4.68 Å². The first-order chi connectivity index (χ1) is 15.5. The van der Waals surface area contributed by atoms with E-state index < -0.39 is 24.2 Å². The van der Waals surface area contributed by atoms with Gasteiger partial charge in [0.15, 0.2) is 16.8 Å². The highest BCUT2D eigenvalue weighted by Gasteiger charge is 2.46. The van der Waals surface area contributed by atoms with Gasteiger partial charge in [-0.05, 0) is 35.2 Å². The van der Waals surface area contributed by atoms with Crippen LogP contribution in [-0.4, -0.2) is 33.5 Å². The monoisotopic (exact) mass is 482 g/mol. The van der Waals surface area contributed by atoms with Gasteiger partial charge >= 0.3 is 6.18 Å². The number of fused-ring (bicyclic) bond motifs is 1. The average molecular weight is 483 g/mol. The Labute approximate surface area is 196 Å². The summed E-state index contributed by atoms with van der Waals surface area (Å²) in [7, 11) is 0. The number of hydrogen-bond donors (Lipinski definition) is 4. The Morgan fingerprint density at radius 1 is 1.21 bits per heavy atom. The van der Waals surface area contributed by atoms with Gasteiger partial charge in [0, 0.05) is 19.0 Å². The van der Waals surface area contributed by atoms with E-state index in [2.05, 4.69) is 40.4 Å². The molecule has 33 heavy (non-hydrogen) atoms. The third-order valence-electron chi connectivity index (χ3n) is 5.39. The lowest BCUT2D eigenvalue weighted by atomic mass is 9.94. The largest absolute Gasteiger partial charge is 0.410 e. The molecule has 0 saturated carbocycles. The van der Waals surface area contributed by atoms with Crippen molar-refractivity contribution in [3.05, 3.63) is 47.2 Å². The molecule has 0 aliphatic carbocycles. The summed E-state index contributed by atoms with van der Waals surface area (Å²) in [5.41, 5.74) is 6.61. The molecule has 1 aromatic carbocycles. The maximum atomic E-state index is 13.9. The highest BCUT2D eigenvalue weighted by Crippen LogP contribution is 2.43. The van der Waals surface area contributed by atoms with Crippen molar-refractivity contribution in [1.29, 1.82) is 0 Å². The minimum Gasteiger partial charge on any atom is -0.363 e. The molecule has 0 radical (unpaired) electrons. The molecule has 180 valence electrons. The summed E-state index contributed by atoms with van der Waals surface area (Å²) in [5, 5.41) is 10.2. The molecule has 3 rings (SSSR count). The summed E-state index contributed by atoms with van der Waals surface area (Å²) >= 11 is 5.07. The van der Waals surface area contributed by atoms with E-state index in [4.69, 9.17) is 12.2 Å². The second kappa shape index (κ2) is 9.98. The lowest BCUT2D eigenvalue weighted by molar-refractivity contribution is -0.173. The number of amides is 1. The minimum absolute atomic E-state index is 0.132. The highest BCUT2D eigenvalue weighted by atomic mass is 32.1. The van der Waals surface area contributed by atoms with Crippen molar-refractivity contribution in [2.75, 3.05) is 11.9 Å². The Hall–Kier alpha value is -2.82. The number of benzene rings is 1. The zero-order chi connectivity index (χ0) is 24.3. The first-order valence-electron chi connectivity index (χ1n) is 10.8. The van der Waals surface area contributed by atoms with Crippen LogP contribution in [0.25, 0.3) is 0 Å². The van der Waals surface area contributed by atoms with E-state index in [0.29, 0.717) is 18.4 Å². The quantitative estimate of drug-likeness (QED) is 0.373. The van der Waals surface area contributed by atoms with Crippen LogP contribution < -0.4 is 21.5 Å². The third kappa shape index (κ3) is 6.16. The summed E-state index contributed by atoms with van der Waals surface area (Å²) in [6.45, 7) is 8.72. The van der Waals surface area contributed by atoms with Crippen LogP contribution in [0.1, 0.15) is 73.7 Å². The molecular formula is C22H29F3N6OS. The van der Waals surface area contributed by atoms with E-state index in [1.807, 2.05) is 38.1 Å². The van der Waals surface area contributed by atoms with Crippen molar-refractivity contribution < 1.29 is 18.0 Å². The number of carbonyl (C=O) groups is 1. The van der Waals surface area contributed by atoms with Crippen LogP contribution in [-0.2, 0) is 0 Å². The van der Waals surface area contributed by atoms with E-state index in [1.165, 1.54) is 6.07 Å². The predicted molar refractivity (Wildman–Crippen MR) is 125 cm³/mol. The summed E-state index contributed by atoms with van der Waals surface area (Å²) in [4.78, 5) is 12.5. The Morgan fingerprint density at radius 2 is 1.88 bits per heavy atom. The highest BCUT2D eigenvalue weighted by molar-refractivity contribution is 7.80. The molecule has 7 nitrogen and oxygen atoms in total. The second-order valence-corrected chi connectivity index (χ2v) is 9.26. The third-order valence-corrected chi connectivity index (χ3v) is 5.63. The van der Waals surface area contributed by atoms with Crippen molar-refractivity contribution in [3.63, 3.8) is 0 Å². The number of thiocarbonyl (C=S) groups is 1. The van der Waals surface area contributed by atoms with Crippen molar-refractivity contribution in [1.82, 2.24) is 25.9 Å². The van der Waals surface area contributed by atoms with Gasteiger partial charge in [0.1, 0.15) is 5.82 Å². The molecule has 0 saturated heterocycles. The Balaban J connectivity index is 1.77. The van der Waals surface area contributed by atoms with Crippen LogP contribution in [0.15, 0.2) is 30.3 Å². The summed E-state index contributed by atoms with van der Waals surface area (Å²) < 4.78 is 42.4. The Kier molecular flexibility index (Phi) is 7.51. The molecular weight excluding hydrogens is 453 g/mol. The number of hydrogen-bond acceptors (Lipinski definition) is 4. The van der Waals surface area contributed by atoms with Crippen LogP contribution in [0, 0.1) is 5.92 Å². The molecule has 2 aromatic rings. The number of nitrogens with one attached hydrogen (secondary N) is 4. The molecule has 2 heterocycles. The molecule has 11 heteroatoms. The molecule has 2 atom stereocenters. The number of carbonyl (C=O) groups excluding carboxylic acids is 1. The molecule has 1 aliphatic rings. The fraction of sp³-hybridized carbons (Fsp3) is 0.500. The van der Waals surface area contributed by atoms with Gasteiger partial charge < -0.3 is 10.6 Å². The number of halogens is 3. The van der Waals surface area contributed by atoms with Crippen LogP contribution in [0.2, 0.25) is 0 Å². The van der Waals surface area contributed by atoms with Crippen molar-refractivity contribution in [3.8, 4) is 0 Å². The lowest BCUT2D eigenvalue weighted by Crippen LogP contribution is -2.47. The topological polar surface area (TPSA) is 83.0 Å². The van der Waals surface area contributed by atoms with E-state index in [1.54, 1.807) is 0 Å². The summed E-state index contributed by atoms with van der Waals surface area (Å²) in [6.07, 6.45) is -4.75. The van der Waals surface area contributed by atoms with Gasteiger partial charge in [0.05, 0.1) is 6.04 Å². The van der Waals surface area contributed by atoms with E-state index >= 15 is 0 Å². The maximum Gasteiger partial charge on any atom is 0.410 e. The van der Waals surface area contributed by atoms with Crippen LogP contribution in [0.3, 0.4) is 0 Å². The molecule has 1 aromatic heterocycles. The predicted octanol–water partition coefficient (Wildman–Crippen LogP) is 4.43. The van der Waals surface area contributed by atoms with Crippen molar-refractivity contribution >= 4 is 29.1 Å². The van der Waals surface area contributed by atoms with Crippen LogP contribution in [0.4, 0.5) is 19.0 Å². The number of aromatic nitrogens is 2. The molecule has 0 spiro atoms. The number of alkyl halides is 3. The van der Waals surface area contributed by atoms with E-state index in [-0.39, 0.29) is 23.0 Å². The Bertz CT molecular complexity index is 987. The first kappa shape index (κ1) is 24.8. The minimum atomic E-state index is -4.52. The summed E-state index contributed by atoms with van der Waals surface area (Å²) in [5.74, 6) is 0.115. The van der Waals surface area contributed by atoms with Gasteiger partial charge in [-0.1, -0.05) is 52.0 Å². The second-order valence-electron chi connectivity index (χ2n) is 8.85.